The fourth-order valence-corrected chi connectivity index (χ4v) is 2.26. The molecule has 0 heterocycles. The van der Waals surface area contributed by atoms with E-state index in [1.165, 1.54) is 6.07 Å². The fourth-order valence-electron chi connectivity index (χ4n) is 1.27. The third kappa shape index (κ3) is 7.48. The van der Waals surface area contributed by atoms with Gasteiger partial charge >= 0.3 is 0 Å². The number of hydrogen-bond acceptors (Lipinski definition) is 0. The first-order valence-corrected chi connectivity index (χ1v) is 7.90. The van der Waals surface area contributed by atoms with Crippen molar-refractivity contribution in [3.05, 3.63) is 67.6 Å². The van der Waals surface area contributed by atoms with Gasteiger partial charge in [-0.15, -0.1) is 25.2 Å². The summed E-state index contributed by atoms with van der Waals surface area (Å²) >= 11 is 5.82. The van der Waals surface area contributed by atoms with Crippen LogP contribution >= 0.6 is 31.9 Å². The van der Waals surface area contributed by atoms with Crippen molar-refractivity contribution < 1.29 is 17.6 Å². The van der Waals surface area contributed by atoms with E-state index >= 15 is 0 Å². The highest BCUT2D eigenvalue weighted by atomic mass is 79.9. The number of hydrogen-bond donors (Lipinski definition) is 0. The molecular weight excluding hydrogens is 464 g/mol. The van der Waals surface area contributed by atoms with Gasteiger partial charge in [-0.3, -0.25) is 0 Å². The number of benzene rings is 2. The molecule has 0 nitrogen and oxygen atoms in total. The van der Waals surface area contributed by atoms with Crippen LogP contribution in [-0.2, 0) is 0 Å². The first-order chi connectivity index (χ1) is 11.7. The maximum absolute atomic E-state index is 12.7. The molecule has 0 unspecified atom stereocenters. The lowest BCUT2D eigenvalue weighted by Crippen LogP contribution is -1.90. The standard InChI is InChI=1S/C10H4F2.C6H2Br2F2.C3H4/c1-3-7-5-8(4-2)10(12)6-9(7)11;7-3-1-4(8)6(10)2-5(3)9;1-3-2/h1-2,5-6H;1-2H;1H,2H3. The second-order valence-corrected chi connectivity index (χ2v) is 5.78. The van der Waals surface area contributed by atoms with Gasteiger partial charge in [0.15, 0.2) is 0 Å². The number of rotatable bonds is 0. The van der Waals surface area contributed by atoms with Gasteiger partial charge in [-0.25, -0.2) is 17.6 Å². The molecule has 25 heavy (non-hydrogen) atoms. The molecule has 0 aromatic heterocycles. The van der Waals surface area contributed by atoms with Crippen LogP contribution in [0.2, 0.25) is 0 Å². The van der Waals surface area contributed by atoms with Crippen molar-refractivity contribution in [1.29, 1.82) is 0 Å². The number of terminal acetylenes is 3. The van der Waals surface area contributed by atoms with Crippen LogP contribution in [0.25, 0.3) is 0 Å². The molecule has 0 N–H and O–H groups in total. The van der Waals surface area contributed by atoms with E-state index in [1.54, 1.807) is 6.92 Å². The van der Waals surface area contributed by atoms with Crippen LogP contribution < -0.4 is 0 Å². The van der Waals surface area contributed by atoms with Crippen molar-refractivity contribution in [3.8, 4) is 37.0 Å². The van der Waals surface area contributed by atoms with E-state index in [1.807, 2.05) is 0 Å². The summed E-state index contributed by atoms with van der Waals surface area (Å²) in [7, 11) is 0. The Morgan fingerprint density at radius 3 is 1.28 bits per heavy atom. The summed E-state index contributed by atoms with van der Waals surface area (Å²) in [6.45, 7) is 1.65. The van der Waals surface area contributed by atoms with Gasteiger partial charge in [-0.2, -0.15) is 0 Å². The lowest BCUT2D eigenvalue weighted by Gasteiger charge is -1.97. The monoisotopic (exact) mass is 472 g/mol. The molecule has 0 radical (unpaired) electrons. The first-order valence-electron chi connectivity index (χ1n) is 6.31. The Kier molecular flexibility index (Phi) is 10.4. The van der Waals surface area contributed by atoms with E-state index in [-0.39, 0.29) is 20.1 Å². The minimum absolute atomic E-state index is 0.0237. The molecule has 0 atom stereocenters. The molecule has 0 bridgehead atoms. The van der Waals surface area contributed by atoms with Gasteiger partial charge in [-0.1, -0.05) is 11.8 Å². The van der Waals surface area contributed by atoms with Gasteiger partial charge in [-0.05, 0) is 50.9 Å². The van der Waals surface area contributed by atoms with Gasteiger partial charge in [0.25, 0.3) is 0 Å². The summed E-state index contributed by atoms with van der Waals surface area (Å²) in [5.74, 6) is 3.64. The van der Waals surface area contributed by atoms with Gasteiger partial charge < -0.3 is 0 Å². The van der Waals surface area contributed by atoms with E-state index in [9.17, 15) is 17.6 Å². The quantitative estimate of drug-likeness (QED) is 0.248. The molecular formula is C19H10Br2F4. The smallest absolute Gasteiger partial charge is 0.141 e. The van der Waals surface area contributed by atoms with E-state index in [0.29, 0.717) is 6.07 Å². The zero-order chi connectivity index (χ0) is 19.6. The average molecular weight is 474 g/mol. The average Bonchev–Trinajstić information content (AvgIpc) is 2.55. The molecule has 2 aromatic carbocycles. The molecule has 2 aromatic rings. The molecule has 0 aliphatic carbocycles. The maximum atomic E-state index is 12.7. The minimum atomic E-state index is -0.769. The van der Waals surface area contributed by atoms with Gasteiger partial charge in [0, 0.05) is 12.1 Å². The van der Waals surface area contributed by atoms with Gasteiger partial charge in [0.05, 0.1) is 20.1 Å². The zero-order valence-corrected chi connectivity index (χ0v) is 16.0. The van der Waals surface area contributed by atoms with Crippen molar-refractivity contribution in [1.82, 2.24) is 0 Å². The van der Waals surface area contributed by atoms with Crippen molar-refractivity contribution in [2.45, 2.75) is 6.92 Å². The van der Waals surface area contributed by atoms with Crippen molar-refractivity contribution in [2.75, 3.05) is 0 Å². The SMILES string of the molecule is C#CC.C#Cc1cc(C#C)c(F)cc1F.Fc1cc(F)c(Br)cc1Br. The lowest BCUT2D eigenvalue weighted by molar-refractivity contribution is 0.574. The summed E-state index contributed by atoms with van der Waals surface area (Å²) < 4.78 is 50.8. The van der Waals surface area contributed by atoms with Crippen LogP contribution in [0.3, 0.4) is 0 Å². The predicted octanol–water partition coefficient (Wildman–Crippen LogP) is 6.06. The maximum Gasteiger partial charge on any atom is 0.141 e. The number of halogens is 6. The Morgan fingerprint density at radius 2 is 1.00 bits per heavy atom. The third-order valence-corrected chi connectivity index (χ3v) is 3.55. The predicted molar refractivity (Wildman–Crippen MR) is 98.5 cm³/mol. The van der Waals surface area contributed by atoms with Crippen LogP contribution in [0.4, 0.5) is 17.6 Å². The molecule has 0 amide bonds. The van der Waals surface area contributed by atoms with Gasteiger partial charge in [0.2, 0.25) is 0 Å². The molecule has 0 aliphatic rings. The summed E-state index contributed by atoms with van der Waals surface area (Å²) in [5.41, 5.74) is -0.0475. The highest BCUT2D eigenvalue weighted by Crippen LogP contribution is 2.23. The van der Waals surface area contributed by atoms with E-state index < -0.39 is 23.3 Å². The second-order valence-electron chi connectivity index (χ2n) is 4.07. The van der Waals surface area contributed by atoms with E-state index in [4.69, 9.17) is 12.8 Å². The molecule has 6 heteroatoms. The van der Waals surface area contributed by atoms with Gasteiger partial charge in [0.1, 0.15) is 23.3 Å². The topological polar surface area (TPSA) is 0 Å². The van der Waals surface area contributed by atoms with Crippen LogP contribution in [0.1, 0.15) is 18.1 Å². The highest BCUT2D eigenvalue weighted by Gasteiger charge is 2.06. The Labute approximate surface area is 160 Å². The minimum Gasteiger partial charge on any atom is -0.206 e. The van der Waals surface area contributed by atoms with Crippen molar-refractivity contribution in [2.24, 2.45) is 0 Å². The lowest BCUT2D eigenvalue weighted by atomic mass is 10.1. The Bertz CT molecular complexity index is 783. The largest absolute Gasteiger partial charge is 0.206 e. The second kappa shape index (κ2) is 11.4. The van der Waals surface area contributed by atoms with Crippen LogP contribution in [0.5, 0.6) is 0 Å². The molecule has 0 aliphatic heterocycles. The van der Waals surface area contributed by atoms with Crippen molar-refractivity contribution in [3.63, 3.8) is 0 Å². The molecule has 0 saturated heterocycles. The fraction of sp³-hybridized carbons (Fsp3) is 0.0526. The molecule has 0 fully saturated rings. The summed E-state index contributed by atoms with van der Waals surface area (Å²) in [4.78, 5) is 0. The molecule has 128 valence electrons. The molecule has 0 spiro atoms. The summed E-state index contributed by atoms with van der Waals surface area (Å²) in [6, 6.07) is 3.95. The molecule has 0 saturated carbocycles. The Morgan fingerprint density at radius 1 is 0.680 bits per heavy atom. The highest BCUT2D eigenvalue weighted by molar-refractivity contribution is 9.11. The van der Waals surface area contributed by atoms with Crippen molar-refractivity contribution >= 4 is 31.9 Å². The van der Waals surface area contributed by atoms with Crippen LogP contribution in [0, 0.1) is 60.3 Å². The normalized spacial score (nSPS) is 8.48. The summed E-state index contributed by atoms with van der Waals surface area (Å²) in [5, 5.41) is 0. The van der Waals surface area contributed by atoms with Crippen LogP contribution in [-0.4, -0.2) is 0 Å². The Hall–Kier alpha value is -2.20. The first kappa shape index (κ1) is 22.8. The Balaban J connectivity index is 0.000000403. The summed E-state index contributed by atoms with van der Waals surface area (Å²) in [6.07, 6.45) is 14.5. The van der Waals surface area contributed by atoms with Crippen LogP contribution in [0.15, 0.2) is 33.2 Å². The zero-order valence-electron chi connectivity index (χ0n) is 12.8. The molecule has 2 rings (SSSR count). The third-order valence-electron chi connectivity index (χ3n) is 2.33. The van der Waals surface area contributed by atoms with E-state index in [2.05, 4.69) is 56.0 Å². The van der Waals surface area contributed by atoms with E-state index in [0.717, 1.165) is 12.1 Å².